The number of nitrogens with one attached hydrogen (secondary N) is 1. The van der Waals surface area contributed by atoms with Gasteiger partial charge in [0, 0.05) is 6.42 Å². The Balaban J connectivity index is 4.13. The van der Waals surface area contributed by atoms with Crippen LogP contribution in [0.5, 0.6) is 0 Å². The average Bonchev–Trinajstić information content (AvgIpc) is 3.33. The maximum absolute atomic E-state index is 13.0. The number of rotatable bonds is 52. The number of aliphatic hydroxyl groups is 2. The van der Waals surface area contributed by atoms with Crippen molar-refractivity contribution < 1.29 is 38.0 Å². The van der Waals surface area contributed by atoms with Gasteiger partial charge in [0.2, 0.25) is 5.91 Å². The first-order chi connectivity index (χ1) is 34.4. The van der Waals surface area contributed by atoms with E-state index < -0.39 is 32.7 Å². The fraction of sp³-hybridized carbons (Fsp3) is 0.754. The van der Waals surface area contributed by atoms with Crippen molar-refractivity contribution in [2.75, 3.05) is 40.9 Å². The van der Waals surface area contributed by atoms with E-state index in [0.29, 0.717) is 17.4 Å². The first-order valence-electron chi connectivity index (χ1n) is 29.0. The maximum Gasteiger partial charge on any atom is 0.472 e. The van der Waals surface area contributed by atoms with Gasteiger partial charge in [0.25, 0.3) is 0 Å². The monoisotopic (exact) mass is 1020 g/mol. The van der Waals surface area contributed by atoms with E-state index in [1.807, 2.05) is 21.1 Å². The summed E-state index contributed by atoms with van der Waals surface area (Å²) < 4.78 is 23.6. The number of quaternary nitrogens is 1. The van der Waals surface area contributed by atoms with Crippen LogP contribution in [0.3, 0.4) is 0 Å². The van der Waals surface area contributed by atoms with E-state index >= 15 is 0 Å². The van der Waals surface area contributed by atoms with Crippen LogP contribution in [0.15, 0.2) is 85.1 Å². The third kappa shape index (κ3) is 52.3. The van der Waals surface area contributed by atoms with Crippen LogP contribution in [0.2, 0.25) is 0 Å². The summed E-state index contributed by atoms with van der Waals surface area (Å²) in [5, 5.41) is 24.8. The molecule has 0 radical (unpaired) electrons. The first kappa shape index (κ1) is 68.6. The molecule has 0 aliphatic heterocycles. The molecule has 71 heavy (non-hydrogen) atoms. The van der Waals surface area contributed by atoms with Crippen LogP contribution in [-0.4, -0.2) is 84.6 Å². The van der Waals surface area contributed by atoms with E-state index in [9.17, 15) is 24.5 Å². The smallest absolute Gasteiger partial charge is 0.390 e. The zero-order valence-corrected chi connectivity index (χ0v) is 47.4. The lowest BCUT2D eigenvalue weighted by Crippen LogP contribution is -2.51. The van der Waals surface area contributed by atoms with Crippen molar-refractivity contribution in [1.29, 1.82) is 0 Å². The number of carbonyl (C=O) groups excluding carboxylic acids is 1. The molecule has 0 aromatic heterocycles. The molecule has 4 N–H and O–H groups in total. The fourth-order valence-corrected chi connectivity index (χ4v) is 8.92. The summed E-state index contributed by atoms with van der Waals surface area (Å²) in [4.78, 5) is 23.3. The molecule has 0 saturated heterocycles. The number of unbranched alkanes of at least 4 members (excludes halogenated alkanes) is 24. The number of phosphoric acid groups is 1. The van der Waals surface area contributed by atoms with E-state index in [0.717, 1.165) is 89.9 Å². The second kappa shape index (κ2) is 51.1. The number of nitrogens with zero attached hydrogens (tertiary/aromatic N) is 1. The number of likely N-dealkylation sites (N-methyl/N-ethyl adjacent to an activating group) is 1. The molecule has 0 bridgehead atoms. The lowest BCUT2D eigenvalue weighted by atomic mass is 9.99. The molecule has 9 nitrogen and oxygen atoms in total. The van der Waals surface area contributed by atoms with Gasteiger partial charge >= 0.3 is 7.82 Å². The summed E-state index contributed by atoms with van der Waals surface area (Å²) in [6.45, 7) is 4.49. The number of hydrogen-bond acceptors (Lipinski definition) is 6. The normalized spacial score (nSPS) is 15.0. The molecule has 0 rings (SSSR count). The molecule has 0 aromatic rings. The molecule has 1 amide bonds. The molecule has 4 atom stereocenters. The van der Waals surface area contributed by atoms with Crippen molar-refractivity contribution in [3.05, 3.63) is 85.1 Å². The molecule has 412 valence electrons. The molecule has 4 unspecified atom stereocenters. The minimum atomic E-state index is -4.42. The Morgan fingerprint density at radius 1 is 0.507 bits per heavy atom. The second-order valence-corrected chi connectivity index (χ2v) is 22.2. The Labute approximate surface area is 438 Å². The lowest BCUT2D eigenvalue weighted by Gasteiger charge is -2.28. The largest absolute Gasteiger partial charge is 0.472 e. The third-order valence-electron chi connectivity index (χ3n) is 12.8. The Kier molecular flexibility index (Phi) is 49.4. The third-order valence-corrected chi connectivity index (χ3v) is 13.7. The molecule has 0 aliphatic carbocycles. The zero-order chi connectivity index (χ0) is 52.2. The average molecular weight is 1020 g/mol. The highest BCUT2D eigenvalue weighted by molar-refractivity contribution is 7.47. The van der Waals surface area contributed by atoms with Gasteiger partial charge in [-0.05, 0) is 70.6 Å². The van der Waals surface area contributed by atoms with E-state index in [1.165, 1.54) is 122 Å². The van der Waals surface area contributed by atoms with Gasteiger partial charge in [0.15, 0.2) is 0 Å². The minimum absolute atomic E-state index is 0.0191. The predicted molar refractivity (Wildman–Crippen MR) is 305 cm³/mol. The van der Waals surface area contributed by atoms with Gasteiger partial charge in [-0.2, -0.15) is 0 Å². The zero-order valence-electron chi connectivity index (χ0n) is 46.6. The highest BCUT2D eigenvalue weighted by Crippen LogP contribution is 2.43. The van der Waals surface area contributed by atoms with Gasteiger partial charge in [-0.1, -0.05) is 247 Å². The maximum atomic E-state index is 13.0. The Morgan fingerprint density at radius 3 is 1.28 bits per heavy atom. The van der Waals surface area contributed by atoms with Crippen molar-refractivity contribution >= 4 is 13.7 Å². The van der Waals surface area contributed by atoms with Crippen LogP contribution >= 0.6 is 7.82 Å². The summed E-state index contributed by atoms with van der Waals surface area (Å²) in [6, 6.07) is -1.04. The molecule has 0 spiro atoms. The standard InChI is InChI=1S/C61H111N2O7P/c1-6-8-10-12-14-16-18-20-21-22-23-24-25-26-27-28-29-30-31-32-33-34-35-36-37-38-39-40-41-42-44-46-48-50-52-54-60(65)62-58(57-70-71(67,68)69-56-55-63(3,4)5)61(66)59(64)53-51-49-47-45-43-19-17-15-13-11-9-7-2/h8,10,14,16,20-21,23-24,26-27,29-30,32-33,58-59,61,64,66H,6-7,9,11-13,15,17-19,22,25,28,31,34-57H2,1-5H3,(H-,62,65,67,68)/p+1/b10-8-,16-14-,21-20-,24-23-,27-26-,30-29-,33-32-. The van der Waals surface area contributed by atoms with Crippen LogP contribution in [-0.2, 0) is 18.4 Å². The summed E-state index contributed by atoms with van der Waals surface area (Å²) in [6.07, 6.45) is 68.1. The quantitative estimate of drug-likeness (QED) is 0.0207. The Morgan fingerprint density at radius 2 is 0.873 bits per heavy atom. The summed E-state index contributed by atoms with van der Waals surface area (Å²) >= 11 is 0. The highest BCUT2D eigenvalue weighted by atomic mass is 31.2. The molecule has 10 heteroatoms. The lowest BCUT2D eigenvalue weighted by molar-refractivity contribution is -0.870. The van der Waals surface area contributed by atoms with Crippen molar-refractivity contribution in [2.45, 2.75) is 257 Å². The molecule has 0 heterocycles. The van der Waals surface area contributed by atoms with Crippen LogP contribution in [0.4, 0.5) is 0 Å². The van der Waals surface area contributed by atoms with Crippen molar-refractivity contribution in [3.8, 4) is 0 Å². The highest BCUT2D eigenvalue weighted by Gasteiger charge is 2.32. The Hall–Kier alpha value is -2.36. The van der Waals surface area contributed by atoms with Crippen LogP contribution in [0.25, 0.3) is 0 Å². The van der Waals surface area contributed by atoms with E-state index in [2.05, 4.69) is 104 Å². The van der Waals surface area contributed by atoms with Crippen molar-refractivity contribution in [2.24, 2.45) is 0 Å². The molecule has 0 aliphatic rings. The summed E-state index contributed by atoms with van der Waals surface area (Å²) in [5.41, 5.74) is 0. The summed E-state index contributed by atoms with van der Waals surface area (Å²) in [5.74, 6) is -0.262. The molecule has 0 fully saturated rings. The SMILES string of the molecule is CC/C=C\C/C=C\C/C=C\C/C=C\C/C=C\C/C=C\C/C=C\CCCCCCCCCCCCCCCC(=O)NC(COP(=O)(O)OCC[N+](C)(C)C)C(O)C(O)CCCCCCCCCCCCCC. The topological polar surface area (TPSA) is 125 Å². The number of allylic oxidation sites excluding steroid dienone is 14. The van der Waals surface area contributed by atoms with Gasteiger partial charge in [0.1, 0.15) is 19.3 Å². The number of carbonyl (C=O) groups is 1. The Bertz CT molecular complexity index is 1450. The first-order valence-corrected chi connectivity index (χ1v) is 30.5. The van der Waals surface area contributed by atoms with Gasteiger partial charge in [-0.3, -0.25) is 13.8 Å². The molecular weight excluding hydrogens is 904 g/mol. The molecule has 0 aromatic carbocycles. The van der Waals surface area contributed by atoms with E-state index in [4.69, 9.17) is 9.05 Å². The van der Waals surface area contributed by atoms with Crippen molar-refractivity contribution in [1.82, 2.24) is 5.32 Å². The van der Waals surface area contributed by atoms with Gasteiger partial charge in [-0.25, -0.2) is 4.57 Å². The van der Waals surface area contributed by atoms with E-state index in [1.54, 1.807) is 0 Å². The fourth-order valence-electron chi connectivity index (χ4n) is 8.18. The predicted octanol–water partition coefficient (Wildman–Crippen LogP) is 16.6. The van der Waals surface area contributed by atoms with Crippen LogP contribution in [0, 0.1) is 0 Å². The van der Waals surface area contributed by atoms with Gasteiger partial charge < -0.3 is 24.9 Å². The minimum Gasteiger partial charge on any atom is -0.390 e. The number of hydrogen-bond donors (Lipinski definition) is 4. The van der Waals surface area contributed by atoms with Gasteiger partial charge in [0.05, 0.1) is 39.9 Å². The van der Waals surface area contributed by atoms with Crippen molar-refractivity contribution in [3.63, 3.8) is 0 Å². The molecular formula is C61H112N2O7P+. The van der Waals surface area contributed by atoms with Crippen LogP contribution in [0.1, 0.15) is 239 Å². The van der Waals surface area contributed by atoms with Gasteiger partial charge in [-0.15, -0.1) is 0 Å². The number of aliphatic hydroxyl groups excluding tert-OH is 2. The number of phosphoric ester groups is 1. The summed E-state index contributed by atoms with van der Waals surface area (Å²) in [7, 11) is 1.43. The number of amides is 1. The van der Waals surface area contributed by atoms with Crippen LogP contribution < -0.4 is 5.32 Å². The second-order valence-electron chi connectivity index (χ2n) is 20.8. The molecule has 0 saturated carbocycles. The van der Waals surface area contributed by atoms with E-state index in [-0.39, 0.29) is 18.9 Å².